The summed E-state index contributed by atoms with van der Waals surface area (Å²) in [6.07, 6.45) is 5.85. The molecule has 0 saturated heterocycles. The standard InChI is InChI=1S/C30H31Cl2FO3/c1-20(34)5-2-6-21-11-12-26(18-27(21)22-7-3-8-23(33)17-22)36-25-15-13-24(14-16-25)35-19-28-29(31)9-4-10-30(28)32/h3-4,7-12,17-18,24-25H,2,5-6,13-16,19H2,1H3. The number of hydrogen-bond acceptors (Lipinski definition) is 3. The largest absolute Gasteiger partial charge is 0.490 e. The number of rotatable bonds is 10. The minimum atomic E-state index is -0.273. The van der Waals surface area contributed by atoms with Crippen molar-refractivity contribution < 1.29 is 18.7 Å². The van der Waals surface area contributed by atoms with Crippen LogP contribution in [0.5, 0.6) is 5.75 Å². The highest BCUT2D eigenvalue weighted by Crippen LogP contribution is 2.33. The van der Waals surface area contributed by atoms with Crippen LogP contribution in [0.1, 0.15) is 56.6 Å². The van der Waals surface area contributed by atoms with E-state index < -0.39 is 0 Å². The van der Waals surface area contributed by atoms with Crippen molar-refractivity contribution in [1.29, 1.82) is 0 Å². The van der Waals surface area contributed by atoms with Crippen LogP contribution in [0, 0.1) is 5.82 Å². The highest BCUT2D eigenvalue weighted by atomic mass is 35.5. The van der Waals surface area contributed by atoms with Crippen molar-refractivity contribution in [2.45, 2.75) is 70.7 Å². The Kier molecular flexibility index (Phi) is 9.41. The Balaban J connectivity index is 1.38. The fourth-order valence-corrected chi connectivity index (χ4v) is 5.19. The smallest absolute Gasteiger partial charge is 0.129 e. The van der Waals surface area contributed by atoms with Crippen LogP contribution in [0.25, 0.3) is 11.1 Å². The monoisotopic (exact) mass is 528 g/mol. The minimum absolute atomic E-state index is 0.0951. The molecule has 1 fully saturated rings. The Bertz CT molecular complexity index is 1170. The number of carbonyl (C=O) groups excluding carboxylic acids is 1. The van der Waals surface area contributed by atoms with E-state index in [1.54, 1.807) is 19.1 Å². The van der Waals surface area contributed by atoms with Crippen LogP contribution in [0.3, 0.4) is 0 Å². The van der Waals surface area contributed by atoms with E-state index in [2.05, 4.69) is 0 Å². The van der Waals surface area contributed by atoms with Gasteiger partial charge in [0.05, 0.1) is 18.8 Å². The molecule has 1 aliphatic rings. The van der Waals surface area contributed by atoms with Gasteiger partial charge in [-0.25, -0.2) is 4.39 Å². The second-order valence-corrected chi connectivity index (χ2v) is 10.2. The average Bonchev–Trinajstić information content (AvgIpc) is 2.85. The first kappa shape index (κ1) is 26.7. The Labute approximate surface area is 222 Å². The molecular weight excluding hydrogens is 498 g/mol. The average molecular weight is 529 g/mol. The fourth-order valence-electron chi connectivity index (χ4n) is 4.68. The van der Waals surface area contributed by atoms with Crippen molar-refractivity contribution in [3.05, 3.63) is 87.7 Å². The molecule has 0 amide bonds. The third-order valence-electron chi connectivity index (χ3n) is 6.64. The maximum Gasteiger partial charge on any atom is 0.129 e. The van der Waals surface area contributed by atoms with Crippen LogP contribution in [0.2, 0.25) is 10.0 Å². The van der Waals surface area contributed by atoms with E-state index in [9.17, 15) is 9.18 Å². The molecule has 1 aliphatic carbocycles. The van der Waals surface area contributed by atoms with Crippen LogP contribution in [0.4, 0.5) is 4.39 Å². The minimum Gasteiger partial charge on any atom is -0.490 e. The molecule has 0 spiro atoms. The topological polar surface area (TPSA) is 35.5 Å². The second kappa shape index (κ2) is 12.7. The first-order valence-corrected chi connectivity index (χ1v) is 13.2. The molecule has 0 heterocycles. The van der Waals surface area contributed by atoms with Crippen LogP contribution in [-0.4, -0.2) is 18.0 Å². The number of Topliss-reactive ketones (excluding diaryl/α,β-unsaturated/α-hetero) is 1. The third kappa shape index (κ3) is 7.32. The van der Waals surface area contributed by atoms with Crippen molar-refractivity contribution in [2.24, 2.45) is 0 Å². The summed E-state index contributed by atoms with van der Waals surface area (Å²) in [5, 5.41) is 1.25. The molecule has 0 aliphatic heterocycles. The van der Waals surface area contributed by atoms with Crippen LogP contribution in [0.15, 0.2) is 60.7 Å². The van der Waals surface area contributed by atoms with Gasteiger partial charge in [-0.05, 0) is 98.5 Å². The zero-order chi connectivity index (χ0) is 25.5. The Morgan fingerprint density at radius 2 is 1.64 bits per heavy atom. The zero-order valence-corrected chi connectivity index (χ0v) is 22.0. The lowest BCUT2D eigenvalue weighted by Gasteiger charge is -2.29. The summed E-state index contributed by atoms with van der Waals surface area (Å²) in [7, 11) is 0. The quantitative estimate of drug-likeness (QED) is 0.264. The predicted molar refractivity (Wildman–Crippen MR) is 143 cm³/mol. The normalized spacial score (nSPS) is 17.7. The van der Waals surface area contributed by atoms with Gasteiger partial charge in [0.15, 0.2) is 0 Å². The van der Waals surface area contributed by atoms with Crippen molar-refractivity contribution in [1.82, 2.24) is 0 Å². The molecule has 1 saturated carbocycles. The van der Waals surface area contributed by atoms with E-state index in [0.29, 0.717) is 23.1 Å². The molecule has 6 heteroatoms. The van der Waals surface area contributed by atoms with E-state index in [-0.39, 0.29) is 23.8 Å². The lowest BCUT2D eigenvalue weighted by Crippen LogP contribution is -2.28. The van der Waals surface area contributed by atoms with Crippen molar-refractivity contribution >= 4 is 29.0 Å². The maximum absolute atomic E-state index is 14.0. The molecule has 0 bridgehead atoms. The summed E-state index contributed by atoms with van der Waals surface area (Å²) in [6.45, 7) is 2.01. The summed E-state index contributed by atoms with van der Waals surface area (Å²) >= 11 is 12.5. The zero-order valence-electron chi connectivity index (χ0n) is 20.4. The third-order valence-corrected chi connectivity index (χ3v) is 7.35. The van der Waals surface area contributed by atoms with Gasteiger partial charge < -0.3 is 14.3 Å². The number of ether oxygens (including phenoxy) is 2. The number of aryl methyl sites for hydroxylation is 1. The summed E-state index contributed by atoms with van der Waals surface area (Å²) < 4.78 is 26.4. The lowest BCUT2D eigenvalue weighted by molar-refractivity contribution is -0.117. The van der Waals surface area contributed by atoms with E-state index in [1.165, 1.54) is 6.07 Å². The first-order valence-electron chi connectivity index (χ1n) is 12.5. The molecule has 0 aromatic heterocycles. The van der Waals surface area contributed by atoms with Gasteiger partial charge in [0.2, 0.25) is 0 Å². The first-order chi connectivity index (χ1) is 17.4. The highest BCUT2D eigenvalue weighted by molar-refractivity contribution is 6.35. The van der Waals surface area contributed by atoms with Crippen molar-refractivity contribution in [2.75, 3.05) is 0 Å². The van der Waals surface area contributed by atoms with E-state index >= 15 is 0 Å². The van der Waals surface area contributed by atoms with Gasteiger partial charge in [0.25, 0.3) is 0 Å². The molecule has 3 aromatic rings. The Morgan fingerprint density at radius 1 is 0.944 bits per heavy atom. The second-order valence-electron chi connectivity index (χ2n) is 9.41. The van der Waals surface area contributed by atoms with Gasteiger partial charge in [0, 0.05) is 22.0 Å². The van der Waals surface area contributed by atoms with Gasteiger partial charge >= 0.3 is 0 Å². The van der Waals surface area contributed by atoms with E-state index in [4.69, 9.17) is 32.7 Å². The number of halogens is 3. The molecule has 3 nitrogen and oxygen atoms in total. The number of ketones is 1. The van der Waals surface area contributed by atoms with Crippen LogP contribution in [-0.2, 0) is 22.6 Å². The summed E-state index contributed by atoms with van der Waals surface area (Å²) in [6, 6.07) is 18.1. The fraction of sp³-hybridized carbons (Fsp3) is 0.367. The number of carbonyl (C=O) groups is 1. The summed E-state index contributed by atoms with van der Waals surface area (Å²) in [4.78, 5) is 11.4. The lowest BCUT2D eigenvalue weighted by atomic mass is 9.94. The van der Waals surface area contributed by atoms with Gasteiger partial charge in [0.1, 0.15) is 17.3 Å². The summed E-state index contributed by atoms with van der Waals surface area (Å²) in [5.41, 5.74) is 3.68. The van der Waals surface area contributed by atoms with Crippen LogP contribution >= 0.6 is 23.2 Å². The van der Waals surface area contributed by atoms with Gasteiger partial charge in [-0.15, -0.1) is 0 Å². The highest BCUT2D eigenvalue weighted by Gasteiger charge is 2.24. The van der Waals surface area contributed by atoms with Gasteiger partial charge in [-0.2, -0.15) is 0 Å². The Morgan fingerprint density at radius 3 is 2.33 bits per heavy atom. The molecule has 0 N–H and O–H groups in total. The maximum atomic E-state index is 14.0. The van der Waals surface area contributed by atoms with E-state index in [0.717, 1.165) is 66.5 Å². The van der Waals surface area contributed by atoms with Crippen molar-refractivity contribution in [3.8, 4) is 16.9 Å². The molecule has 0 atom stereocenters. The molecule has 0 radical (unpaired) electrons. The van der Waals surface area contributed by atoms with Crippen LogP contribution < -0.4 is 4.74 Å². The molecule has 3 aromatic carbocycles. The number of hydrogen-bond donors (Lipinski definition) is 0. The SMILES string of the molecule is CC(=O)CCCc1ccc(OC2CCC(OCc3c(Cl)cccc3Cl)CC2)cc1-c1cccc(F)c1. The molecule has 190 valence electrons. The van der Waals surface area contributed by atoms with Gasteiger partial charge in [-0.3, -0.25) is 0 Å². The molecule has 0 unspecified atom stereocenters. The molecular formula is C30H31Cl2FO3. The van der Waals surface area contributed by atoms with Crippen molar-refractivity contribution in [3.63, 3.8) is 0 Å². The molecule has 36 heavy (non-hydrogen) atoms. The van der Waals surface area contributed by atoms with E-state index in [1.807, 2.05) is 42.5 Å². The Hall–Kier alpha value is -2.40. The summed E-state index contributed by atoms with van der Waals surface area (Å²) in [5.74, 6) is 0.679. The molecule has 4 rings (SSSR count). The number of benzene rings is 3. The van der Waals surface area contributed by atoms with Gasteiger partial charge in [-0.1, -0.05) is 47.5 Å². The predicted octanol–water partition coefficient (Wildman–Crippen LogP) is 8.62.